The normalized spacial score (nSPS) is 34.5. The molecular formula is C16H14N2O2. The SMILES string of the molecule is O=C1[C@@H]2[C@H](C(=O)N1N=Cc1ccccc1)[C@H]1C=C[C@H]2C1. The molecule has 3 aliphatic rings. The molecule has 0 N–H and O–H groups in total. The van der Waals surface area contributed by atoms with Crippen LogP contribution in [0.15, 0.2) is 47.6 Å². The lowest BCUT2D eigenvalue weighted by atomic mass is 9.85. The topological polar surface area (TPSA) is 49.7 Å². The van der Waals surface area contributed by atoms with Gasteiger partial charge in [0.05, 0.1) is 18.1 Å². The van der Waals surface area contributed by atoms with Gasteiger partial charge in [0, 0.05) is 0 Å². The minimum absolute atomic E-state index is 0.135. The molecule has 4 rings (SSSR count). The number of nitrogens with zero attached hydrogens (tertiary/aromatic N) is 2. The van der Waals surface area contributed by atoms with Crippen molar-refractivity contribution in [1.82, 2.24) is 5.01 Å². The van der Waals surface area contributed by atoms with Crippen LogP contribution in [0.25, 0.3) is 0 Å². The third kappa shape index (κ3) is 1.51. The third-order valence-electron chi connectivity index (χ3n) is 4.57. The average Bonchev–Trinajstić information content (AvgIpc) is 3.13. The molecule has 1 aromatic carbocycles. The molecule has 4 atom stereocenters. The van der Waals surface area contributed by atoms with E-state index in [1.165, 1.54) is 0 Å². The number of imide groups is 1. The van der Waals surface area contributed by atoms with Gasteiger partial charge in [0.2, 0.25) is 0 Å². The summed E-state index contributed by atoms with van der Waals surface area (Å²) in [5.74, 6) is -0.152. The predicted octanol–water partition coefficient (Wildman–Crippen LogP) is 1.83. The first-order valence-corrected chi connectivity index (χ1v) is 6.91. The number of allylic oxidation sites excluding steroid dienone is 2. The van der Waals surface area contributed by atoms with Gasteiger partial charge in [0.25, 0.3) is 11.8 Å². The lowest BCUT2D eigenvalue weighted by Gasteiger charge is -2.13. The highest BCUT2D eigenvalue weighted by Gasteiger charge is 2.59. The number of benzene rings is 1. The van der Waals surface area contributed by atoms with Crippen LogP contribution < -0.4 is 0 Å². The van der Waals surface area contributed by atoms with Crippen LogP contribution in [-0.4, -0.2) is 23.0 Å². The number of carbonyl (C=O) groups excluding carboxylic acids is 2. The van der Waals surface area contributed by atoms with Gasteiger partial charge < -0.3 is 0 Å². The third-order valence-corrected chi connectivity index (χ3v) is 4.57. The standard InChI is InChI=1S/C16H14N2O2/c19-15-13-11-6-7-12(8-11)14(13)16(20)18(15)17-9-10-4-2-1-3-5-10/h1-7,9,11-14H,8H2/t11-,12-,13-,14+/m0/s1. The van der Waals surface area contributed by atoms with Crippen LogP contribution in [0.3, 0.4) is 0 Å². The van der Waals surface area contributed by atoms with Gasteiger partial charge in [-0.3, -0.25) is 9.59 Å². The molecular weight excluding hydrogens is 252 g/mol. The second-order valence-corrected chi connectivity index (χ2v) is 5.64. The molecule has 2 fully saturated rings. The molecule has 2 amide bonds. The van der Waals surface area contributed by atoms with Gasteiger partial charge in [0.15, 0.2) is 0 Å². The molecule has 0 radical (unpaired) electrons. The zero-order valence-electron chi connectivity index (χ0n) is 10.8. The number of hydrogen-bond acceptors (Lipinski definition) is 3. The van der Waals surface area contributed by atoms with Crippen molar-refractivity contribution < 1.29 is 9.59 Å². The maximum Gasteiger partial charge on any atom is 0.254 e. The number of amides is 2. The number of hydrazone groups is 1. The molecule has 2 aliphatic carbocycles. The first-order chi connectivity index (χ1) is 9.75. The summed E-state index contributed by atoms with van der Waals surface area (Å²) in [6, 6.07) is 9.49. The van der Waals surface area contributed by atoms with E-state index < -0.39 is 0 Å². The highest BCUT2D eigenvalue weighted by molar-refractivity contribution is 6.06. The van der Waals surface area contributed by atoms with Crippen molar-refractivity contribution in [3.8, 4) is 0 Å². The van der Waals surface area contributed by atoms with E-state index in [4.69, 9.17) is 0 Å². The van der Waals surface area contributed by atoms with Gasteiger partial charge in [-0.15, -0.1) is 0 Å². The van der Waals surface area contributed by atoms with E-state index in [9.17, 15) is 9.59 Å². The molecule has 0 aromatic heterocycles. The summed E-state index contributed by atoms with van der Waals surface area (Å²) in [5.41, 5.74) is 0.881. The Morgan fingerprint density at radius 1 is 1.00 bits per heavy atom. The second kappa shape index (κ2) is 4.13. The molecule has 1 heterocycles. The monoisotopic (exact) mass is 266 g/mol. The largest absolute Gasteiger partial charge is 0.272 e. The van der Waals surface area contributed by atoms with Crippen molar-refractivity contribution in [2.75, 3.05) is 0 Å². The fourth-order valence-corrected chi connectivity index (χ4v) is 3.66. The average molecular weight is 266 g/mol. The van der Waals surface area contributed by atoms with Crippen molar-refractivity contribution in [2.45, 2.75) is 6.42 Å². The number of carbonyl (C=O) groups is 2. The molecule has 1 aromatic rings. The van der Waals surface area contributed by atoms with Crippen molar-refractivity contribution in [1.29, 1.82) is 0 Å². The minimum atomic E-state index is -0.176. The molecule has 100 valence electrons. The van der Waals surface area contributed by atoms with Crippen LogP contribution in [0, 0.1) is 23.7 Å². The second-order valence-electron chi connectivity index (χ2n) is 5.64. The molecule has 20 heavy (non-hydrogen) atoms. The van der Waals surface area contributed by atoms with E-state index >= 15 is 0 Å². The van der Waals surface area contributed by atoms with E-state index in [2.05, 4.69) is 17.3 Å². The number of fused-ring (bicyclic) bond motifs is 5. The Balaban J connectivity index is 1.61. The quantitative estimate of drug-likeness (QED) is 0.466. The van der Waals surface area contributed by atoms with E-state index in [1.807, 2.05) is 30.3 Å². The first kappa shape index (κ1) is 11.6. The molecule has 0 unspecified atom stereocenters. The Bertz CT molecular complexity index is 605. The smallest absolute Gasteiger partial charge is 0.254 e. The van der Waals surface area contributed by atoms with Gasteiger partial charge in [-0.2, -0.15) is 10.1 Å². The summed E-state index contributed by atoms with van der Waals surface area (Å²) in [6.07, 6.45) is 6.69. The maximum absolute atomic E-state index is 12.4. The van der Waals surface area contributed by atoms with E-state index in [0.717, 1.165) is 17.0 Å². The molecule has 1 aliphatic heterocycles. The maximum atomic E-state index is 12.4. The number of rotatable bonds is 2. The highest BCUT2D eigenvalue weighted by Crippen LogP contribution is 2.52. The Morgan fingerprint density at radius 2 is 1.60 bits per heavy atom. The van der Waals surface area contributed by atoms with Crippen LogP contribution in [0.1, 0.15) is 12.0 Å². The summed E-state index contributed by atoms with van der Waals surface area (Å²) < 4.78 is 0. The zero-order valence-corrected chi connectivity index (χ0v) is 10.8. The van der Waals surface area contributed by atoms with Crippen molar-refractivity contribution in [3.05, 3.63) is 48.0 Å². The van der Waals surface area contributed by atoms with Gasteiger partial charge in [-0.05, 0) is 23.8 Å². The molecule has 1 saturated carbocycles. The lowest BCUT2D eigenvalue weighted by molar-refractivity contribution is -0.140. The summed E-state index contributed by atoms with van der Waals surface area (Å²) in [7, 11) is 0. The molecule has 2 bridgehead atoms. The van der Waals surface area contributed by atoms with Gasteiger partial charge >= 0.3 is 0 Å². The van der Waals surface area contributed by atoms with Crippen LogP contribution in [0.2, 0.25) is 0 Å². The van der Waals surface area contributed by atoms with Gasteiger partial charge in [-0.25, -0.2) is 0 Å². The van der Waals surface area contributed by atoms with Crippen LogP contribution >= 0.6 is 0 Å². The Kier molecular flexibility index (Phi) is 2.39. The minimum Gasteiger partial charge on any atom is -0.272 e. The number of hydrogen-bond donors (Lipinski definition) is 0. The van der Waals surface area contributed by atoms with E-state index in [-0.39, 0.29) is 35.5 Å². The van der Waals surface area contributed by atoms with Crippen LogP contribution in [0.4, 0.5) is 0 Å². The van der Waals surface area contributed by atoms with E-state index in [0.29, 0.717) is 0 Å². The summed E-state index contributed by atoms with van der Waals surface area (Å²) in [5, 5.41) is 5.19. The summed E-state index contributed by atoms with van der Waals surface area (Å²) in [6.45, 7) is 0. The molecule has 1 saturated heterocycles. The Morgan fingerprint density at radius 3 is 2.20 bits per heavy atom. The van der Waals surface area contributed by atoms with Crippen molar-refractivity contribution in [2.24, 2.45) is 28.8 Å². The summed E-state index contributed by atoms with van der Waals surface area (Å²) in [4.78, 5) is 24.7. The van der Waals surface area contributed by atoms with Crippen LogP contribution in [-0.2, 0) is 9.59 Å². The molecule has 4 heteroatoms. The Labute approximate surface area is 116 Å². The predicted molar refractivity (Wildman–Crippen MR) is 73.6 cm³/mol. The molecule has 0 spiro atoms. The van der Waals surface area contributed by atoms with Gasteiger partial charge in [0.1, 0.15) is 0 Å². The van der Waals surface area contributed by atoms with Crippen molar-refractivity contribution >= 4 is 18.0 Å². The Hall–Kier alpha value is -2.23. The molecule has 4 nitrogen and oxygen atoms in total. The zero-order chi connectivity index (χ0) is 13.7. The van der Waals surface area contributed by atoms with Gasteiger partial charge in [-0.1, -0.05) is 42.5 Å². The van der Waals surface area contributed by atoms with E-state index in [1.54, 1.807) is 6.21 Å². The van der Waals surface area contributed by atoms with Crippen LogP contribution in [0.5, 0.6) is 0 Å². The summed E-state index contributed by atoms with van der Waals surface area (Å²) >= 11 is 0. The first-order valence-electron chi connectivity index (χ1n) is 6.91. The highest BCUT2D eigenvalue weighted by atomic mass is 16.2. The lowest BCUT2D eigenvalue weighted by Crippen LogP contribution is -2.28. The fraction of sp³-hybridized carbons (Fsp3) is 0.312. The fourth-order valence-electron chi connectivity index (χ4n) is 3.66. The van der Waals surface area contributed by atoms with Crippen molar-refractivity contribution in [3.63, 3.8) is 0 Å².